The Kier molecular flexibility index (Phi) is 7.44. The monoisotopic (exact) mass is 869 g/mol. The van der Waals surface area contributed by atoms with Gasteiger partial charge in [-0.25, -0.2) is 0 Å². The van der Waals surface area contributed by atoms with Gasteiger partial charge in [0.2, 0.25) is 0 Å². The molecule has 0 spiro atoms. The van der Waals surface area contributed by atoms with E-state index in [4.69, 9.17) is 18.1 Å². The summed E-state index contributed by atoms with van der Waals surface area (Å²) in [6.07, 6.45) is -0.486. The van der Waals surface area contributed by atoms with Crippen molar-refractivity contribution in [2.24, 2.45) is 10.8 Å². The molecule has 1 radical (unpaired) electrons. The van der Waals surface area contributed by atoms with Crippen molar-refractivity contribution < 1.29 is 38.2 Å². The van der Waals surface area contributed by atoms with E-state index >= 15 is 0 Å². The van der Waals surface area contributed by atoms with Gasteiger partial charge in [0.05, 0.1) is 5.58 Å². The second-order valence-electron chi connectivity index (χ2n) is 14.8. The van der Waals surface area contributed by atoms with Gasteiger partial charge in [0.25, 0.3) is 0 Å². The van der Waals surface area contributed by atoms with E-state index in [1.165, 1.54) is 46.6 Å². The smallest absolute Gasteiger partial charge is 0.121 e. The van der Waals surface area contributed by atoms with Crippen molar-refractivity contribution in [2.45, 2.75) is 68.0 Å². The van der Waals surface area contributed by atoms with Crippen LogP contribution in [0.3, 0.4) is 0 Å². The first kappa shape index (κ1) is 26.2. The summed E-state index contributed by atoms with van der Waals surface area (Å²) in [5, 5.41) is 6.79. The molecule has 0 aliphatic rings. The van der Waals surface area contributed by atoms with Crippen molar-refractivity contribution >= 4 is 43.5 Å². The van der Waals surface area contributed by atoms with Gasteiger partial charge in [0, 0.05) is 51.6 Å². The van der Waals surface area contributed by atoms with Crippen molar-refractivity contribution in [2.75, 3.05) is 0 Å². The minimum atomic E-state index is -2.52. The molecule has 0 saturated heterocycles. The second-order valence-corrected chi connectivity index (χ2v) is 14.8. The number of rotatable bonds is 4. The Labute approximate surface area is 335 Å². The molecule has 52 heavy (non-hydrogen) atoms. The Morgan fingerprint density at radius 1 is 0.712 bits per heavy atom. The van der Waals surface area contributed by atoms with Gasteiger partial charge in [-0.15, -0.1) is 53.6 Å². The van der Waals surface area contributed by atoms with Crippen LogP contribution in [0.4, 0.5) is 0 Å². The van der Waals surface area contributed by atoms with E-state index in [0.717, 1.165) is 32.9 Å². The fourth-order valence-corrected chi connectivity index (χ4v) is 6.20. The van der Waals surface area contributed by atoms with Crippen molar-refractivity contribution in [3.05, 3.63) is 144 Å². The van der Waals surface area contributed by atoms with E-state index in [1.54, 1.807) is 33.0 Å². The molecular weight excluding hydrogens is 813 g/mol. The van der Waals surface area contributed by atoms with Gasteiger partial charge in [0.1, 0.15) is 5.58 Å². The van der Waals surface area contributed by atoms with E-state index in [2.05, 4.69) is 70.6 Å². The standard InChI is InChI=1S/C30H24NO.C18H22N.Ir/c1-30(2,3)18-19-13-14-31-27(15-19)24-10-6-9-23-26-16-21-12-11-20-7-4-5-8-22(20)25(21)17-28(26)32-29(23)24;1-13-6-8-15(9-7-13)17-10-14(2)16(12-19-17)11-18(3,4)5;/h4-9,11-17H,18H2,1-3H3;6-8,10,12H,11H2,1-5H3;/q2*-1;/i18D2;1D3,2D3,11D2;. The summed E-state index contributed by atoms with van der Waals surface area (Å²) in [5.74, 6) is 0. The molecule has 0 amide bonds. The molecular formula is C48H46IrN2O-2. The maximum absolute atomic E-state index is 8.68. The summed E-state index contributed by atoms with van der Waals surface area (Å²) in [7, 11) is 0. The van der Waals surface area contributed by atoms with Crippen LogP contribution >= 0.6 is 0 Å². The molecule has 0 aliphatic heterocycles. The third-order valence-electron chi connectivity index (χ3n) is 8.33. The fraction of sp³-hybridized carbons (Fsp3) is 0.250. The maximum atomic E-state index is 8.68. The molecule has 0 aliphatic carbocycles. The Bertz CT molecular complexity index is 2920. The molecule has 0 saturated carbocycles. The zero-order valence-corrected chi connectivity index (χ0v) is 32.4. The van der Waals surface area contributed by atoms with Crippen molar-refractivity contribution in [3.8, 4) is 22.5 Å². The summed E-state index contributed by atoms with van der Waals surface area (Å²) in [4.78, 5) is 8.80. The van der Waals surface area contributed by atoms with E-state index in [1.807, 2.05) is 39.0 Å². The molecule has 5 aromatic carbocycles. The minimum Gasteiger partial charge on any atom is -0.501 e. The SMILES string of the molecule is [2H]C([2H])([2H])c1c[c-]c(-c2cc(C([2H])([2H])[2H])c(C([2H])([2H])C(C)(C)C)cn2)cc1.[2H]C([2H])(c1ccnc(-c2[c-]ccc3c2oc2cc4c(ccc5ccccc54)cc23)c1)C(C)(C)C.[Ir]. The first-order valence-corrected chi connectivity index (χ1v) is 17.0. The third kappa shape index (κ3) is 8.20. The number of aromatic nitrogens is 2. The molecule has 265 valence electrons. The Hall–Kier alpha value is -4.63. The molecule has 3 aromatic heterocycles. The van der Waals surface area contributed by atoms with Crippen LogP contribution in [0.1, 0.15) is 77.5 Å². The van der Waals surface area contributed by atoms with Crippen LogP contribution in [0.5, 0.6) is 0 Å². The second kappa shape index (κ2) is 14.8. The summed E-state index contributed by atoms with van der Waals surface area (Å²) in [6, 6.07) is 36.3. The Morgan fingerprint density at radius 3 is 2.27 bits per heavy atom. The number of benzene rings is 5. The van der Waals surface area contributed by atoms with Gasteiger partial charge < -0.3 is 14.4 Å². The molecule has 3 heterocycles. The van der Waals surface area contributed by atoms with Crippen LogP contribution in [0.2, 0.25) is 0 Å². The average Bonchev–Trinajstić information content (AvgIpc) is 3.56. The van der Waals surface area contributed by atoms with Crippen LogP contribution < -0.4 is 0 Å². The summed E-state index contributed by atoms with van der Waals surface area (Å²) in [5.41, 5.74) is 2.94. The average molecular weight is 869 g/mol. The van der Waals surface area contributed by atoms with Gasteiger partial charge >= 0.3 is 0 Å². The molecule has 0 unspecified atom stereocenters. The predicted octanol–water partition coefficient (Wildman–Crippen LogP) is 13.1. The van der Waals surface area contributed by atoms with Crippen LogP contribution in [0.25, 0.3) is 66.0 Å². The van der Waals surface area contributed by atoms with Gasteiger partial charge in [-0.1, -0.05) is 119 Å². The first-order chi connectivity index (χ1) is 28.3. The van der Waals surface area contributed by atoms with E-state index in [-0.39, 0.29) is 36.8 Å². The number of furan rings is 1. The normalized spacial score (nSPS) is 15.7. The molecule has 3 nitrogen and oxygen atoms in total. The van der Waals surface area contributed by atoms with Gasteiger partial charge in [-0.2, -0.15) is 0 Å². The first-order valence-electron chi connectivity index (χ1n) is 22.0. The van der Waals surface area contributed by atoms with Crippen molar-refractivity contribution in [1.29, 1.82) is 0 Å². The van der Waals surface area contributed by atoms with Crippen LogP contribution in [0, 0.1) is 36.7 Å². The number of hydrogen-bond donors (Lipinski definition) is 0. The molecule has 4 heteroatoms. The fourth-order valence-electron chi connectivity index (χ4n) is 6.20. The van der Waals surface area contributed by atoms with Crippen LogP contribution in [-0.4, -0.2) is 9.97 Å². The zero-order chi connectivity index (χ0) is 44.5. The summed E-state index contributed by atoms with van der Waals surface area (Å²) in [6.45, 7) is 6.06. The predicted molar refractivity (Wildman–Crippen MR) is 215 cm³/mol. The largest absolute Gasteiger partial charge is 0.501 e. The molecule has 0 bridgehead atoms. The third-order valence-corrected chi connectivity index (χ3v) is 8.33. The zero-order valence-electron chi connectivity index (χ0n) is 40.0. The van der Waals surface area contributed by atoms with Gasteiger partial charge in [-0.3, -0.25) is 0 Å². The molecule has 0 N–H and O–H groups in total. The molecule has 0 fully saturated rings. The van der Waals surface area contributed by atoms with Crippen LogP contribution in [-0.2, 0) is 32.9 Å². The number of pyridine rings is 2. The number of fused-ring (bicyclic) bond motifs is 6. The number of hydrogen-bond acceptors (Lipinski definition) is 3. The van der Waals surface area contributed by atoms with Crippen molar-refractivity contribution in [1.82, 2.24) is 9.97 Å². The van der Waals surface area contributed by atoms with Gasteiger partial charge in [0.15, 0.2) is 0 Å². The van der Waals surface area contributed by atoms with Crippen LogP contribution in [0.15, 0.2) is 114 Å². The topological polar surface area (TPSA) is 38.9 Å². The quantitative estimate of drug-likeness (QED) is 0.131. The number of nitrogens with zero attached hydrogens (tertiary/aromatic N) is 2. The Morgan fingerprint density at radius 2 is 1.52 bits per heavy atom. The van der Waals surface area contributed by atoms with Gasteiger partial charge in [-0.05, 0) is 87.1 Å². The number of aryl methyl sites for hydroxylation is 2. The summed E-state index contributed by atoms with van der Waals surface area (Å²) >= 11 is 0. The van der Waals surface area contributed by atoms with Crippen molar-refractivity contribution in [3.63, 3.8) is 0 Å². The molecule has 8 aromatic rings. The van der Waals surface area contributed by atoms with E-state index < -0.39 is 37.3 Å². The van der Waals surface area contributed by atoms with E-state index in [0.29, 0.717) is 22.5 Å². The molecule has 0 atom stereocenters. The molecule has 8 rings (SSSR count). The summed E-state index contributed by atoms with van der Waals surface area (Å²) < 4.78 is 86.3. The minimum absolute atomic E-state index is 0. The van der Waals surface area contributed by atoms with E-state index in [9.17, 15) is 0 Å². The Balaban J connectivity index is 0.000000210. The maximum Gasteiger partial charge on any atom is 0.121 e.